The SMILES string of the molecule is CC(N)CCNCc1ccc(F)cc1F. The van der Waals surface area contributed by atoms with Crippen LogP contribution in [0.5, 0.6) is 0 Å². The maximum absolute atomic E-state index is 13.1. The molecule has 1 unspecified atom stereocenters. The topological polar surface area (TPSA) is 38.0 Å². The van der Waals surface area contributed by atoms with Crippen molar-refractivity contribution in [3.63, 3.8) is 0 Å². The molecule has 0 aliphatic rings. The quantitative estimate of drug-likeness (QED) is 0.733. The fourth-order valence-corrected chi connectivity index (χ4v) is 1.22. The Balaban J connectivity index is 2.37. The van der Waals surface area contributed by atoms with Crippen molar-refractivity contribution < 1.29 is 8.78 Å². The van der Waals surface area contributed by atoms with Crippen molar-refractivity contribution >= 4 is 0 Å². The number of benzene rings is 1. The first-order valence-electron chi connectivity index (χ1n) is 5.00. The van der Waals surface area contributed by atoms with Crippen molar-refractivity contribution in [2.24, 2.45) is 5.73 Å². The Morgan fingerprint density at radius 3 is 2.73 bits per heavy atom. The van der Waals surface area contributed by atoms with E-state index in [4.69, 9.17) is 5.73 Å². The zero-order chi connectivity index (χ0) is 11.3. The summed E-state index contributed by atoms with van der Waals surface area (Å²) >= 11 is 0. The molecule has 0 aliphatic heterocycles. The van der Waals surface area contributed by atoms with Crippen molar-refractivity contribution in [3.05, 3.63) is 35.4 Å². The van der Waals surface area contributed by atoms with Gasteiger partial charge in [0.1, 0.15) is 11.6 Å². The summed E-state index contributed by atoms with van der Waals surface area (Å²) in [6.07, 6.45) is 0.836. The Labute approximate surface area is 88.5 Å². The lowest BCUT2D eigenvalue weighted by Crippen LogP contribution is -2.23. The zero-order valence-corrected chi connectivity index (χ0v) is 8.76. The number of nitrogens with two attached hydrogens (primary N) is 1. The van der Waals surface area contributed by atoms with Gasteiger partial charge in [0.15, 0.2) is 0 Å². The summed E-state index contributed by atoms with van der Waals surface area (Å²) in [5.74, 6) is -1.06. The predicted octanol–water partition coefficient (Wildman–Crippen LogP) is 1.79. The van der Waals surface area contributed by atoms with Crippen LogP contribution >= 0.6 is 0 Å². The number of nitrogens with one attached hydrogen (secondary N) is 1. The average molecular weight is 214 g/mol. The Morgan fingerprint density at radius 1 is 1.40 bits per heavy atom. The van der Waals surface area contributed by atoms with Crippen molar-refractivity contribution in [3.8, 4) is 0 Å². The van der Waals surface area contributed by atoms with Gasteiger partial charge in [0.05, 0.1) is 0 Å². The molecule has 0 heterocycles. The summed E-state index contributed by atoms with van der Waals surface area (Å²) in [4.78, 5) is 0. The molecular formula is C11H16F2N2. The smallest absolute Gasteiger partial charge is 0.130 e. The highest BCUT2D eigenvalue weighted by Crippen LogP contribution is 2.08. The van der Waals surface area contributed by atoms with E-state index in [1.54, 1.807) is 0 Å². The van der Waals surface area contributed by atoms with E-state index in [-0.39, 0.29) is 6.04 Å². The minimum atomic E-state index is -0.549. The summed E-state index contributed by atoms with van der Waals surface area (Å²) in [6, 6.07) is 3.73. The molecule has 1 aromatic carbocycles. The van der Waals surface area contributed by atoms with E-state index in [1.807, 2.05) is 6.92 Å². The zero-order valence-electron chi connectivity index (χ0n) is 8.76. The van der Waals surface area contributed by atoms with Gasteiger partial charge in [-0.25, -0.2) is 8.78 Å². The molecule has 0 saturated heterocycles. The van der Waals surface area contributed by atoms with Crippen LogP contribution in [-0.2, 0) is 6.54 Å². The van der Waals surface area contributed by atoms with Gasteiger partial charge in [-0.05, 0) is 26.0 Å². The van der Waals surface area contributed by atoms with Crippen LogP contribution in [0.4, 0.5) is 8.78 Å². The molecule has 4 heteroatoms. The molecule has 1 rings (SSSR count). The molecule has 0 radical (unpaired) electrons. The molecular weight excluding hydrogens is 198 g/mol. The molecule has 15 heavy (non-hydrogen) atoms. The van der Waals surface area contributed by atoms with Gasteiger partial charge in [-0.15, -0.1) is 0 Å². The Morgan fingerprint density at radius 2 is 2.13 bits per heavy atom. The summed E-state index contributed by atoms with van der Waals surface area (Å²) in [5, 5.41) is 3.05. The molecule has 0 amide bonds. The van der Waals surface area contributed by atoms with Crippen LogP contribution in [0.2, 0.25) is 0 Å². The Hall–Kier alpha value is -1.00. The molecule has 0 aromatic heterocycles. The number of hydrogen-bond acceptors (Lipinski definition) is 2. The van der Waals surface area contributed by atoms with Crippen molar-refractivity contribution in [2.75, 3.05) is 6.54 Å². The molecule has 0 bridgehead atoms. The number of rotatable bonds is 5. The van der Waals surface area contributed by atoms with E-state index in [9.17, 15) is 8.78 Å². The summed E-state index contributed by atoms with van der Waals surface area (Å²) < 4.78 is 25.7. The minimum absolute atomic E-state index is 0.135. The second-order valence-corrected chi connectivity index (χ2v) is 3.68. The van der Waals surface area contributed by atoms with Crippen LogP contribution in [0.15, 0.2) is 18.2 Å². The maximum Gasteiger partial charge on any atom is 0.130 e. The third kappa shape index (κ3) is 4.36. The van der Waals surface area contributed by atoms with Gasteiger partial charge in [0.2, 0.25) is 0 Å². The summed E-state index contributed by atoms with van der Waals surface area (Å²) in [7, 11) is 0. The Bertz CT molecular complexity index is 313. The van der Waals surface area contributed by atoms with Crippen molar-refractivity contribution in [1.29, 1.82) is 0 Å². The second kappa shape index (κ2) is 5.78. The van der Waals surface area contributed by atoms with Gasteiger partial charge in [-0.2, -0.15) is 0 Å². The van der Waals surface area contributed by atoms with Crippen molar-refractivity contribution in [1.82, 2.24) is 5.32 Å². The lowest BCUT2D eigenvalue weighted by atomic mass is 10.2. The van der Waals surface area contributed by atoms with Crippen LogP contribution in [0.1, 0.15) is 18.9 Å². The first kappa shape index (κ1) is 12.1. The Kier molecular flexibility index (Phi) is 4.65. The normalized spacial score (nSPS) is 12.8. The van der Waals surface area contributed by atoms with E-state index in [0.29, 0.717) is 12.1 Å². The van der Waals surface area contributed by atoms with Crippen LogP contribution in [-0.4, -0.2) is 12.6 Å². The van der Waals surface area contributed by atoms with Gasteiger partial charge >= 0.3 is 0 Å². The molecule has 0 aliphatic carbocycles. The molecule has 3 N–H and O–H groups in total. The molecule has 1 aromatic rings. The lowest BCUT2D eigenvalue weighted by Gasteiger charge is -2.07. The largest absolute Gasteiger partial charge is 0.328 e. The van der Waals surface area contributed by atoms with Crippen LogP contribution < -0.4 is 11.1 Å². The molecule has 2 nitrogen and oxygen atoms in total. The number of hydrogen-bond donors (Lipinski definition) is 2. The molecule has 1 atom stereocenters. The van der Waals surface area contributed by atoms with E-state index in [1.165, 1.54) is 12.1 Å². The van der Waals surface area contributed by atoms with E-state index in [2.05, 4.69) is 5.32 Å². The predicted molar refractivity (Wildman–Crippen MR) is 56.3 cm³/mol. The summed E-state index contributed by atoms with van der Waals surface area (Å²) in [5.41, 5.74) is 6.03. The van der Waals surface area contributed by atoms with E-state index >= 15 is 0 Å². The second-order valence-electron chi connectivity index (χ2n) is 3.68. The molecule has 84 valence electrons. The molecule has 0 spiro atoms. The van der Waals surface area contributed by atoms with Crippen LogP contribution in [0, 0.1) is 11.6 Å². The van der Waals surface area contributed by atoms with E-state index < -0.39 is 11.6 Å². The first-order valence-corrected chi connectivity index (χ1v) is 5.00. The van der Waals surface area contributed by atoms with Gasteiger partial charge in [0, 0.05) is 24.2 Å². The lowest BCUT2D eigenvalue weighted by molar-refractivity contribution is 0.548. The fourth-order valence-electron chi connectivity index (χ4n) is 1.22. The highest BCUT2D eigenvalue weighted by molar-refractivity contribution is 5.18. The maximum atomic E-state index is 13.1. The first-order chi connectivity index (χ1) is 7.09. The van der Waals surface area contributed by atoms with Crippen LogP contribution in [0.25, 0.3) is 0 Å². The van der Waals surface area contributed by atoms with Gasteiger partial charge in [-0.1, -0.05) is 6.07 Å². The standard InChI is InChI=1S/C11H16F2N2/c1-8(14)4-5-15-7-9-2-3-10(12)6-11(9)13/h2-3,6,8,15H,4-5,7,14H2,1H3. The van der Waals surface area contributed by atoms with E-state index in [0.717, 1.165) is 19.0 Å². The molecule has 0 saturated carbocycles. The minimum Gasteiger partial charge on any atom is -0.328 e. The highest BCUT2D eigenvalue weighted by Gasteiger charge is 2.02. The summed E-state index contributed by atoms with van der Waals surface area (Å²) in [6.45, 7) is 3.05. The monoisotopic (exact) mass is 214 g/mol. The van der Waals surface area contributed by atoms with Gasteiger partial charge < -0.3 is 11.1 Å². The molecule has 0 fully saturated rings. The third-order valence-electron chi connectivity index (χ3n) is 2.11. The average Bonchev–Trinajstić information content (AvgIpc) is 2.14. The number of halogens is 2. The van der Waals surface area contributed by atoms with Crippen LogP contribution in [0.3, 0.4) is 0 Å². The highest BCUT2D eigenvalue weighted by atomic mass is 19.1. The third-order valence-corrected chi connectivity index (χ3v) is 2.11. The fraction of sp³-hybridized carbons (Fsp3) is 0.455. The van der Waals surface area contributed by atoms with Gasteiger partial charge in [0.25, 0.3) is 0 Å². The van der Waals surface area contributed by atoms with Gasteiger partial charge in [-0.3, -0.25) is 0 Å². The van der Waals surface area contributed by atoms with Crippen molar-refractivity contribution in [2.45, 2.75) is 25.9 Å².